The summed E-state index contributed by atoms with van der Waals surface area (Å²) in [5.41, 5.74) is 2.92. The Kier molecular flexibility index (Phi) is 11.3. The van der Waals surface area contributed by atoms with Gasteiger partial charge in [0.05, 0.1) is 6.61 Å². The molecule has 0 atom stereocenters. The molecule has 0 amide bonds. The van der Waals surface area contributed by atoms with E-state index in [0.717, 1.165) is 16.8 Å². The van der Waals surface area contributed by atoms with E-state index in [0.29, 0.717) is 0 Å². The highest BCUT2D eigenvalue weighted by atomic mass is 16.3. The molecular weight excluding hydrogens is 174 g/mol. The van der Waals surface area contributed by atoms with Gasteiger partial charge in [-0.15, -0.1) is 0 Å². The Labute approximate surface area is 88.0 Å². The number of hydrogen-bond donors (Lipinski definition) is 1. The van der Waals surface area contributed by atoms with Crippen LogP contribution in [0, 0.1) is 13.8 Å². The second-order valence-corrected chi connectivity index (χ2v) is 2.42. The molecule has 0 saturated heterocycles. The minimum atomic E-state index is 0.0838. The Hall–Kier alpha value is -0.890. The monoisotopic (exact) mass is 197 g/mol. The van der Waals surface area contributed by atoms with Gasteiger partial charge < -0.3 is 5.11 Å². The van der Waals surface area contributed by atoms with Crippen molar-refractivity contribution in [2.45, 2.75) is 48.1 Å². The van der Waals surface area contributed by atoms with Gasteiger partial charge >= 0.3 is 0 Å². The van der Waals surface area contributed by atoms with Crippen LogP contribution in [-0.2, 0) is 6.61 Å². The van der Waals surface area contributed by atoms with Crippen LogP contribution in [-0.4, -0.2) is 10.1 Å². The third kappa shape index (κ3) is 5.70. The predicted octanol–water partition coefficient (Wildman–Crippen LogP) is 3.24. The molecule has 0 aliphatic heterocycles. The minimum absolute atomic E-state index is 0.0838. The van der Waals surface area contributed by atoms with Crippen LogP contribution in [0.15, 0.2) is 12.3 Å². The zero-order valence-corrected chi connectivity index (χ0v) is 10.3. The van der Waals surface area contributed by atoms with Crippen LogP contribution in [0.2, 0.25) is 0 Å². The zero-order chi connectivity index (χ0) is 11.6. The molecule has 2 heteroatoms. The number of pyridine rings is 1. The van der Waals surface area contributed by atoms with Crippen LogP contribution in [0.1, 0.15) is 44.5 Å². The number of hydrogen-bond acceptors (Lipinski definition) is 2. The summed E-state index contributed by atoms with van der Waals surface area (Å²) in [7, 11) is 0. The summed E-state index contributed by atoms with van der Waals surface area (Å²) in [6.07, 6.45) is 1.80. The zero-order valence-electron chi connectivity index (χ0n) is 10.3. The number of nitrogens with zero attached hydrogens (tertiary/aromatic N) is 1. The molecule has 0 saturated carbocycles. The van der Waals surface area contributed by atoms with Crippen LogP contribution < -0.4 is 0 Å². The SMILES string of the molecule is CC.CC.Cc1cnc(C)c(CO)c1. The Morgan fingerprint density at radius 3 is 2.00 bits per heavy atom. The Bertz CT molecular complexity index is 234. The molecule has 14 heavy (non-hydrogen) atoms. The van der Waals surface area contributed by atoms with Gasteiger partial charge in [0, 0.05) is 11.9 Å². The summed E-state index contributed by atoms with van der Waals surface area (Å²) in [6, 6.07) is 1.95. The van der Waals surface area contributed by atoms with E-state index < -0.39 is 0 Å². The highest BCUT2D eigenvalue weighted by molar-refractivity contribution is 5.22. The summed E-state index contributed by atoms with van der Waals surface area (Å²) in [5, 5.41) is 8.80. The first-order chi connectivity index (χ1) is 6.74. The molecule has 0 radical (unpaired) electrons. The molecule has 2 nitrogen and oxygen atoms in total. The maximum atomic E-state index is 8.80. The third-order valence-electron chi connectivity index (χ3n) is 1.50. The van der Waals surface area contributed by atoms with Gasteiger partial charge in [0.25, 0.3) is 0 Å². The fraction of sp³-hybridized carbons (Fsp3) is 0.583. The molecule has 1 heterocycles. The van der Waals surface area contributed by atoms with Crippen molar-refractivity contribution in [1.82, 2.24) is 4.98 Å². The molecule has 1 aromatic rings. The van der Waals surface area contributed by atoms with E-state index in [9.17, 15) is 0 Å². The van der Waals surface area contributed by atoms with E-state index in [-0.39, 0.29) is 6.61 Å². The number of aromatic nitrogens is 1. The molecule has 0 fully saturated rings. The highest BCUT2D eigenvalue weighted by Gasteiger charge is 1.95. The second kappa shape index (κ2) is 10.2. The quantitative estimate of drug-likeness (QED) is 0.749. The van der Waals surface area contributed by atoms with Crippen LogP contribution in [0.25, 0.3) is 0 Å². The van der Waals surface area contributed by atoms with Gasteiger partial charge in [0.2, 0.25) is 0 Å². The van der Waals surface area contributed by atoms with Gasteiger partial charge in [-0.3, -0.25) is 4.98 Å². The number of aryl methyl sites for hydroxylation is 2. The van der Waals surface area contributed by atoms with E-state index in [4.69, 9.17) is 5.11 Å². The number of rotatable bonds is 1. The summed E-state index contributed by atoms with van der Waals surface area (Å²) < 4.78 is 0. The Morgan fingerprint density at radius 2 is 1.64 bits per heavy atom. The predicted molar refractivity (Wildman–Crippen MR) is 62.3 cm³/mol. The molecule has 1 rings (SSSR count). The maximum absolute atomic E-state index is 8.80. The average Bonchev–Trinajstić information content (AvgIpc) is 2.27. The van der Waals surface area contributed by atoms with Gasteiger partial charge in [-0.2, -0.15) is 0 Å². The summed E-state index contributed by atoms with van der Waals surface area (Å²) in [6.45, 7) is 11.9. The molecule has 0 unspecified atom stereocenters. The van der Waals surface area contributed by atoms with Crippen LogP contribution in [0.3, 0.4) is 0 Å². The Morgan fingerprint density at radius 1 is 1.14 bits per heavy atom. The van der Waals surface area contributed by atoms with Gasteiger partial charge in [-0.25, -0.2) is 0 Å². The molecule has 0 aromatic carbocycles. The van der Waals surface area contributed by atoms with Crippen molar-refractivity contribution in [2.75, 3.05) is 0 Å². The first kappa shape index (κ1) is 15.6. The molecule has 0 aliphatic rings. The van der Waals surface area contributed by atoms with Crippen molar-refractivity contribution in [1.29, 1.82) is 0 Å². The van der Waals surface area contributed by atoms with E-state index >= 15 is 0 Å². The fourth-order valence-corrected chi connectivity index (χ4v) is 0.858. The van der Waals surface area contributed by atoms with Crippen molar-refractivity contribution in [2.24, 2.45) is 0 Å². The van der Waals surface area contributed by atoms with Crippen LogP contribution >= 0.6 is 0 Å². The third-order valence-corrected chi connectivity index (χ3v) is 1.50. The van der Waals surface area contributed by atoms with Crippen molar-refractivity contribution in [3.05, 3.63) is 29.1 Å². The van der Waals surface area contributed by atoms with E-state index in [2.05, 4.69) is 4.98 Å². The molecule has 0 aliphatic carbocycles. The topological polar surface area (TPSA) is 33.1 Å². The lowest BCUT2D eigenvalue weighted by atomic mass is 10.2. The largest absolute Gasteiger partial charge is 0.392 e. The van der Waals surface area contributed by atoms with Crippen molar-refractivity contribution < 1.29 is 5.11 Å². The highest BCUT2D eigenvalue weighted by Crippen LogP contribution is 2.05. The fourth-order valence-electron chi connectivity index (χ4n) is 0.858. The van der Waals surface area contributed by atoms with Crippen LogP contribution in [0.5, 0.6) is 0 Å². The molecule has 82 valence electrons. The lowest BCUT2D eigenvalue weighted by molar-refractivity contribution is 0.280. The minimum Gasteiger partial charge on any atom is -0.392 e. The second-order valence-electron chi connectivity index (χ2n) is 2.42. The van der Waals surface area contributed by atoms with Gasteiger partial charge in [0.15, 0.2) is 0 Å². The molecule has 1 N–H and O–H groups in total. The van der Waals surface area contributed by atoms with Gasteiger partial charge in [-0.05, 0) is 25.0 Å². The number of aliphatic hydroxyl groups is 1. The smallest absolute Gasteiger partial charge is 0.0699 e. The first-order valence-corrected chi connectivity index (χ1v) is 5.27. The van der Waals surface area contributed by atoms with Crippen LogP contribution in [0.4, 0.5) is 0 Å². The standard InChI is InChI=1S/C8H11NO.2C2H6/c1-6-3-8(5-10)7(2)9-4-6;2*1-2/h3-4,10H,5H2,1-2H3;2*1-2H3. The summed E-state index contributed by atoms with van der Waals surface area (Å²) >= 11 is 0. The normalized spacial score (nSPS) is 7.93. The number of aliphatic hydroxyl groups excluding tert-OH is 1. The van der Waals surface area contributed by atoms with E-state index in [1.807, 2.05) is 47.6 Å². The molecule has 1 aromatic heterocycles. The first-order valence-electron chi connectivity index (χ1n) is 5.27. The van der Waals surface area contributed by atoms with E-state index in [1.165, 1.54) is 0 Å². The lowest BCUT2D eigenvalue weighted by Gasteiger charge is -2.00. The lowest BCUT2D eigenvalue weighted by Crippen LogP contribution is -1.92. The summed E-state index contributed by atoms with van der Waals surface area (Å²) in [4.78, 5) is 4.09. The van der Waals surface area contributed by atoms with Crippen molar-refractivity contribution in [3.63, 3.8) is 0 Å². The van der Waals surface area contributed by atoms with Crippen molar-refractivity contribution >= 4 is 0 Å². The van der Waals surface area contributed by atoms with Crippen molar-refractivity contribution in [3.8, 4) is 0 Å². The molecular formula is C12H23NO. The van der Waals surface area contributed by atoms with Gasteiger partial charge in [0.1, 0.15) is 0 Å². The molecule has 0 spiro atoms. The average molecular weight is 197 g/mol. The molecule has 0 bridgehead atoms. The maximum Gasteiger partial charge on any atom is 0.0699 e. The van der Waals surface area contributed by atoms with E-state index in [1.54, 1.807) is 6.20 Å². The van der Waals surface area contributed by atoms with Gasteiger partial charge in [-0.1, -0.05) is 33.8 Å². The Balaban J connectivity index is 0. The summed E-state index contributed by atoms with van der Waals surface area (Å²) in [5.74, 6) is 0.